The Morgan fingerprint density at radius 1 is 1.00 bits per heavy atom. The van der Waals surface area contributed by atoms with E-state index in [1.807, 2.05) is 43.3 Å². The molecule has 1 amide bonds. The van der Waals surface area contributed by atoms with E-state index in [1.54, 1.807) is 0 Å². The van der Waals surface area contributed by atoms with Crippen molar-refractivity contribution in [2.24, 2.45) is 0 Å². The number of carbonyl (C=O) groups is 1. The van der Waals surface area contributed by atoms with Gasteiger partial charge in [0.15, 0.2) is 0 Å². The molecule has 0 unspecified atom stereocenters. The molecule has 0 aliphatic heterocycles. The zero-order valence-electron chi connectivity index (χ0n) is 15.2. The normalized spacial score (nSPS) is 14.8. The first kappa shape index (κ1) is 16.6. The number of nitrogens with one attached hydrogen (secondary N) is 1. The Morgan fingerprint density at radius 3 is 2.35 bits per heavy atom. The van der Waals surface area contributed by atoms with Gasteiger partial charge in [0.1, 0.15) is 5.75 Å². The van der Waals surface area contributed by atoms with Crippen LogP contribution in [0.1, 0.15) is 30.9 Å². The van der Waals surface area contributed by atoms with Crippen molar-refractivity contribution in [1.82, 2.24) is 0 Å². The van der Waals surface area contributed by atoms with Crippen molar-refractivity contribution in [2.75, 3.05) is 11.9 Å². The Bertz CT molecular complexity index is 956. The van der Waals surface area contributed by atoms with E-state index in [0.29, 0.717) is 6.61 Å². The van der Waals surface area contributed by atoms with Crippen molar-refractivity contribution in [1.29, 1.82) is 0 Å². The fraction of sp³-hybridized carbons (Fsp3) is 0.261. The Morgan fingerprint density at radius 2 is 1.69 bits per heavy atom. The van der Waals surface area contributed by atoms with Crippen LogP contribution in [0.2, 0.25) is 0 Å². The topological polar surface area (TPSA) is 38.3 Å². The molecule has 1 aliphatic rings. The minimum absolute atomic E-state index is 0.0793. The lowest BCUT2D eigenvalue weighted by atomic mass is 9.94. The number of ether oxygens (including phenoxy) is 1. The molecular weight excluding hydrogens is 322 g/mol. The van der Waals surface area contributed by atoms with Crippen molar-refractivity contribution in [2.45, 2.75) is 32.1 Å². The van der Waals surface area contributed by atoms with E-state index in [2.05, 4.69) is 36.5 Å². The lowest BCUT2D eigenvalue weighted by Crippen LogP contribution is -2.27. The summed E-state index contributed by atoms with van der Waals surface area (Å²) >= 11 is 0. The van der Waals surface area contributed by atoms with Gasteiger partial charge in [-0.2, -0.15) is 0 Å². The Labute approximate surface area is 154 Å². The molecule has 1 aliphatic carbocycles. The fourth-order valence-electron chi connectivity index (χ4n) is 3.55. The summed E-state index contributed by atoms with van der Waals surface area (Å²) in [4.78, 5) is 13.1. The fourth-order valence-corrected chi connectivity index (χ4v) is 3.55. The van der Waals surface area contributed by atoms with Gasteiger partial charge in [0.05, 0.1) is 12.0 Å². The quantitative estimate of drug-likeness (QED) is 0.689. The van der Waals surface area contributed by atoms with Crippen LogP contribution in [0.5, 0.6) is 5.75 Å². The molecule has 3 aromatic rings. The van der Waals surface area contributed by atoms with E-state index in [4.69, 9.17) is 4.74 Å². The van der Waals surface area contributed by atoms with Gasteiger partial charge in [-0.25, -0.2) is 0 Å². The molecule has 0 bridgehead atoms. The van der Waals surface area contributed by atoms with Crippen LogP contribution in [0.15, 0.2) is 60.7 Å². The lowest BCUT2D eigenvalue weighted by Gasteiger charge is -2.18. The summed E-state index contributed by atoms with van der Waals surface area (Å²) in [6.45, 7) is 4.66. The number of amides is 1. The van der Waals surface area contributed by atoms with Gasteiger partial charge in [-0.1, -0.05) is 54.1 Å². The molecule has 0 saturated heterocycles. The van der Waals surface area contributed by atoms with Gasteiger partial charge < -0.3 is 10.1 Å². The number of rotatable bonds is 5. The Hall–Kier alpha value is -2.81. The van der Waals surface area contributed by atoms with Crippen LogP contribution in [-0.4, -0.2) is 12.5 Å². The first-order valence-electron chi connectivity index (χ1n) is 9.17. The third kappa shape index (κ3) is 2.84. The molecule has 0 spiro atoms. The zero-order chi connectivity index (χ0) is 18.1. The van der Waals surface area contributed by atoms with Crippen molar-refractivity contribution >= 4 is 22.4 Å². The van der Waals surface area contributed by atoms with Crippen molar-refractivity contribution in [3.63, 3.8) is 0 Å². The second-order valence-electron chi connectivity index (χ2n) is 6.99. The van der Waals surface area contributed by atoms with Gasteiger partial charge >= 0.3 is 0 Å². The highest BCUT2D eigenvalue weighted by molar-refractivity contribution is 6.08. The van der Waals surface area contributed by atoms with Crippen LogP contribution in [0, 0.1) is 6.92 Å². The largest absolute Gasteiger partial charge is 0.493 e. The minimum atomic E-state index is -0.382. The van der Waals surface area contributed by atoms with E-state index >= 15 is 0 Å². The third-order valence-corrected chi connectivity index (χ3v) is 5.22. The van der Waals surface area contributed by atoms with Crippen LogP contribution in [0.4, 0.5) is 5.69 Å². The van der Waals surface area contributed by atoms with Crippen LogP contribution in [-0.2, 0) is 10.2 Å². The Kier molecular flexibility index (Phi) is 4.15. The van der Waals surface area contributed by atoms with Gasteiger partial charge in [-0.05, 0) is 44.4 Å². The highest BCUT2D eigenvalue weighted by Crippen LogP contribution is 2.49. The summed E-state index contributed by atoms with van der Waals surface area (Å²) in [7, 11) is 0. The number of aryl methyl sites for hydroxylation is 1. The number of hydrogen-bond donors (Lipinski definition) is 1. The average Bonchev–Trinajstić information content (AvgIpc) is 3.46. The smallest absolute Gasteiger partial charge is 0.235 e. The van der Waals surface area contributed by atoms with Gasteiger partial charge in [-0.3, -0.25) is 4.79 Å². The monoisotopic (exact) mass is 345 g/mol. The maximum atomic E-state index is 13.1. The highest BCUT2D eigenvalue weighted by Gasteiger charge is 2.51. The predicted octanol–water partition coefficient (Wildman–Crippen LogP) is 5.22. The van der Waals surface area contributed by atoms with E-state index in [1.165, 1.54) is 5.56 Å². The van der Waals surface area contributed by atoms with E-state index in [-0.39, 0.29) is 11.3 Å². The van der Waals surface area contributed by atoms with Crippen LogP contribution < -0.4 is 10.1 Å². The van der Waals surface area contributed by atoms with E-state index in [9.17, 15) is 4.79 Å². The third-order valence-electron chi connectivity index (χ3n) is 5.22. The molecule has 0 heterocycles. The summed E-state index contributed by atoms with van der Waals surface area (Å²) < 4.78 is 5.73. The number of fused-ring (bicyclic) bond motifs is 1. The van der Waals surface area contributed by atoms with Crippen molar-refractivity contribution < 1.29 is 9.53 Å². The first-order valence-corrected chi connectivity index (χ1v) is 9.17. The lowest BCUT2D eigenvalue weighted by molar-refractivity contribution is -0.118. The summed E-state index contributed by atoms with van der Waals surface area (Å²) in [5.41, 5.74) is 2.78. The van der Waals surface area contributed by atoms with Crippen LogP contribution in [0.3, 0.4) is 0 Å². The molecule has 26 heavy (non-hydrogen) atoms. The minimum Gasteiger partial charge on any atom is -0.493 e. The second kappa shape index (κ2) is 6.49. The Balaban J connectivity index is 1.66. The molecule has 0 radical (unpaired) electrons. The summed E-state index contributed by atoms with van der Waals surface area (Å²) in [6.07, 6.45) is 1.80. The molecule has 1 saturated carbocycles. The van der Waals surface area contributed by atoms with E-state index in [0.717, 1.165) is 40.6 Å². The SMILES string of the molecule is CCOc1ccc(NC(=O)C2(c3ccc(C)cc3)CC2)c2ccccc12. The predicted molar refractivity (Wildman–Crippen MR) is 106 cm³/mol. The number of carbonyl (C=O) groups excluding carboxylic acids is 1. The molecular formula is C23H23NO2. The molecule has 4 rings (SSSR count). The van der Waals surface area contributed by atoms with Gasteiger partial charge in [0, 0.05) is 16.5 Å². The van der Waals surface area contributed by atoms with Crippen LogP contribution in [0.25, 0.3) is 10.8 Å². The van der Waals surface area contributed by atoms with Crippen molar-refractivity contribution in [3.8, 4) is 5.75 Å². The molecule has 132 valence electrons. The maximum Gasteiger partial charge on any atom is 0.235 e. The standard InChI is InChI=1S/C23H23NO2/c1-3-26-21-13-12-20(18-6-4-5-7-19(18)21)24-22(25)23(14-15-23)17-10-8-16(2)9-11-17/h4-13H,3,14-15H2,1-2H3,(H,24,25). The summed E-state index contributed by atoms with van der Waals surface area (Å²) in [5.74, 6) is 0.927. The first-order chi connectivity index (χ1) is 12.6. The number of anilines is 1. The molecule has 0 aromatic heterocycles. The van der Waals surface area contributed by atoms with Crippen molar-refractivity contribution in [3.05, 3.63) is 71.8 Å². The molecule has 3 aromatic carbocycles. The molecule has 1 N–H and O–H groups in total. The highest BCUT2D eigenvalue weighted by atomic mass is 16.5. The van der Waals surface area contributed by atoms with Gasteiger partial charge in [0.2, 0.25) is 5.91 Å². The molecule has 0 atom stereocenters. The molecule has 1 fully saturated rings. The average molecular weight is 345 g/mol. The summed E-state index contributed by atoms with van der Waals surface area (Å²) in [5, 5.41) is 5.20. The zero-order valence-corrected chi connectivity index (χ0v) is 15.2. The second-order valence-corrected chi connectivity index (χ2v) is 6.99. The summed E-state index contributed by atoms with van der Waals surface area (Å²) in [6, 6.07) is 20.2. The number of hydrogen-bond acceptors (Lipinski definition) is 2. The molecule has 3 nitrogen and oxygen atoms in total. The van der Waals surface area contributed by atoms with Crippen LogP contribution >= 0.6 is 0 Å². The number of benzene rings is 3. The maximum absolute atomic E-state index is 13.1. The van der Waals surface area contributed by atoms with Gasteiger partial charge in [-0.15, -0.1) is 0 Å². The van der Waals surface area contributed by atoms with E-state index < -0.39 is 0 Å². The molecule has 3 heteroatoms. The van der Waals surface area contributed by atoms with Gasteiger partial charge in [0.25, 0.3) is 0 Å².